The number of aryl methyl sites for hydroxylation is 1. The van der Waals surface area contributed by atoms with Crippen molar-refractivity contribution in [3.8, 4) is 19.5 Å². The Morgan fingerprint density at radius 1 is 0.684 bits per heavy atom. The largest absolute Gasteiger partial charge is 0.399 e. The van der Waals surface area contributed by atoms with Crippen molar-refractivity contribution in [1.82, 2.24) is 4.57 Å². The zero-order valence-corrected chi connectivity index (χ0v) is 23.4. The zero-order chi connectivity index (χ0) is 25.6. The summed E-state index contributed by atoms with van der Waals surface area (Å²) in [6, 6.07) is 33.3. The summed E-state index contributed by atoms with van der Waals surface area (Å²) < 4.78 is 2.43. The predicted molar refractivity (Wildman–Crippen MR) is 168 cm³/mol. The van der Waals surface area contributed by atoms with E-state index in [0.29, 0.717) is 0 Å². The molecule has 0 aliphatic heterocycles. The van der Waals surface area contributed by atoms with Crippen LogP contribution in [0, 0.1) is 6.92 Å². The van der Waals surface area contributed by atoms with Gasteiger partial charge in [0.1, 0.15) is 0 Å². The number of hydrogen-bond donors (Lipinski definition) is 1. The summed E-state index contributed by atoms with van der Waals surface area (Å²) >= 11 is 5.55. The topological polar surface area (TPSA) is 30.9 Å². The number of thiophene rings is 3. The van der Waals surface area contributed by atoms with Gasteiger partial charge in [-0.05, 0) is 94.9 Å². The summed E-state index contributed by atoms with van der Waals surface area (Å²) in [6.07, 6.45) is 0.916. The normalized spacial score (nSPS) is 11.6. The molecular formula is C33H26N2S3. The molecule has 0 fully saturated rings. The molecule has 4 aromatic heterocycles. The molecule has 186 valence electrons. The lowest BCUT2D eigenvalue weighted by molar-refractivity contribution is 0.868. The Morgan fingerprint density at radius 3 is 2.26 bits per heavy atom. The van der Waals surface area contributed by atoms with Crippen molar-refractivity contribution in [2.45, 2.75) is 19.9 Å². The Balaban J connectivity index is 1.32. The highest BCUT2D eigenvalue weighted by atomic mass is 32.1. The van der Waals surface area contributed by atoms with Gasteiger partial charge in [-0.3, -0.25) is 0 Å². The van der Waals surface area contributed by atoms with Gasteiger partial charge in [-0.15, -0.1) is 34.0 Å². The molecule has 0 saturated carbocycles. The first-order valence-electron chi connectivity index (χ1n) is 12.7. The molecule has 0 aliphatic carbocycles. The Hall–Kier alpha value is -3.64. The number of aromatic nitrogens is 1. The molecule has 5 heteroatoms. The molecule has 7 aromatic rings. The smallest absolute Gasteiger partial charge is 0.0494 e. The van der Waals surface area contributed by atoms with Crippen LogP contribution < -0.4 is 5.73 Å². The van der Waals surface area contributed by atoms with Crippen LogP contribution in [0.3, 0.4) is 0 Å². The van der Waals surface area contributed by atoms with E-state index in [4.69, 9.17) is 5.73 Å². The minimum absolute atomic E-state index is 0.798. The second-order valence-electron chi connectivity index (χ2n) is 9.80. The van der Waals surface area contributed by atoms with Gasteiger partial charge in [0.25, 0.3) is 0 Å². The highest BCUT2D eigenvalue weighted by Crippen LogP contribution is 2.42. The van der Waals surface area contributed by atoms with E-state index < -0.39 is 0 Å². The summed E-state index contributed by atoms with van der Waals surface area (Å²) in [5.41, 5.74) is 14.7. The van der Waals surface area contributed by atoms with E-state index in [0.717, 1.165) is 18.7 Å². The van der Waals surface area contributed by atoms with Gasteiger partial charge in [-0.25, -0.2) is 0 Å². The van der Waals surface area contributed by atoms with E-state index in [1.54, 1.807) is 0 Å². The third kappa shape index (κ3) is 4.27. The fourth-order valence-corrected chi connectivity index (χ4v) is 8.38. The van der Waals surface area contributed by atoms with Crippen LogP contribution in [0.4, 0.5) is 5.69 Å². The molecular weight excluding hydrogens is 521 g/mol. The van der Waals surface area contributed by atoms with Gasteiger partial charge < -0.3 is 10.3 Å². The van der Waals surface area contributed by atoms with Crippen molar-refractivity contribution in [2.75, 3.05) is 5.73 Å². The van der Waals surface area contributed by atoms with E-state index in [1.165, 1.54) is 63.6 Å². The quantitative estimate of drug-likeness (QED) is 0.207. The second kappa shape index (κ2) is 9.59. The maximum Gasteiger partial charge on any atom is 0.0494 e. The van der Waals surface area contributed by atoms with Crippen molar-refractivity contribution in [1.29, 1.82) is 0 Å². The molecule has 0 spiro atoms. The maximum absolute atomic E-state index is 6.18. The molecule has 38 heavy (non-hydrogen) atoms. The molecule has 0 atom stereocenters. The number of nitrogen functional groups attached to an aromatic ring is 1. The van der Waals surface area contributed by atoms with Crippen LogP contribution in [-0.2, 0) is 13.0 Å². The number of fused-ring (bicyclic) bond motifs is 3. The van der Waals surface area contributed by atoms with Gasteiger partial charge in [0.05, 0.1) is 0 Å². The Labute approximate surface area is 234 Å². The Bertz CT molecular complexity index is 1870. The lowest BCUT2D eigenvalue weighted by Crippen LogP contribution is -2.01. The Morgan fingerprint density at radius 2 is 1.47 bits per heavy atom. The summed E-state index contributed by atoms with van der Waals surface area (Å²) in [5, 5.41) is 6.94. The third-order valence-corrected chi connectivity index (χ3v) is 10.3. The molecule has 2 N–H and O–H groups in total. The first kappa shape index (κ1) is 23.5. The van der Waals surface area contributed by atoms with Crippen molar-refractivity contribution in [3.63, 3.8) is 0 Å². The number of anilines is 1. The van der Waals surface area contributed by atoms with E-state index in [-0.39, 0.29) is 0 Å². The van der Waals surface area contributed by atoms with Crippen LogP contribution in [-0.4, -0.2) is 4.57 Å². The molecule has 0 aliphatic rings. The number of hydrogen-bond acceptors (Lipinski definition) is 4. The standard InChI is InChI=1S/C33H26N2S3/c1-21-14-23(17-25(34)15-21)20-35-28-7-3-2-6-26(28)27-18-22(10-11-29(27)35)16-24-19-32(30-8-4-12-36-30)38-33(24)31-9-5-13-37-31/h2-15,17-19H,16,20,34H2,1H3. The minimum Gasteiger partial charge on any atom is -0.399 e. The van der Waals surface area contributed by atoms with Crippen LogP contribution in [0.15, 0.2) is 102 Å². The van der Waals surface area contributed by atoms with E-state index in [2.05, 4.69) is 107 Å². The molecule has 2 nitrogen and oxygen atoms in total. The zero-order valence-electron chi connectivity index (χ0n) is 21.0. The minimum atomic E-state index is 0.798. The van der Waals surface area contributed by atoms with Gasteiger partial charge >= 0.3 is 0 Å². The van der Waals surface area contributed by atoms with Gasteiger partial charge in [-0.1, -0.05) is 42.5 Å². The SMILES string of the molecule is Cc1cc(N)cc(Cn2c3ccccc3c3cc(Cc4cc(-c5cccs5)sc4-c4cccs4)ccc32)c1. The van der Waals surface area contributed by atoms with Crippen LogP contribution >= 0.6 is 34.0 Å². The molecule has 7 rings (SSSR count). The third-order valence-electron chi connectivity index (χ3n) is 7.05. The van der Waals surface area contributed by atoms with Crippen molar-refractivity contribution >= 4 is 61.5 Å². The first-order valence-corrected chi connectivity index (χ1v) is 15.3. The Kier molecular flexibility index (Phi) is 5.92. The van der Waals surface area contributed by atoms with E-state index in [9.17, 15) is 0 Å². The second-order valence-corrected chi connectivity index (χ2v) is 12.8. The van der Waals surface area contributed by atoms with Crippen LogP contribution in [0.5, 0.6) is 0 Å². The van der Waals surface area contributed by atoms with Gasteiger partial charge in [0, 0.05) is 53.5 Å². The molecule has 3 aromatic carbocycles. The molecule has 0 radical (unpaired) electrons. The fraction of sp³-hybridized carbons (Fsp3) is 0.0909. The number of benzene rings is 3. The van der Waals surface area contributed by atoms with Crippen molar-refractivity contribution in [3.05, 3.63) is 124 Å². The molecule has 0 bridgehead atoms. The van der Waals surface area contributed by atoms with Crippen molar-refractivity contribution < 1.29 is 0 Å². The van der Waals surface area contributed by atoms with Crippen LogP contribution in [0.2, 0.25) is 0 Å². The number of para-hydroxylation sites is 1. The average Bonchev–Trinajstić information content (AvgIpc) is 3.71. The van der Waals surface area contributed by atoms with Gasteiger partial charge in [-0.2, -0.15) is 0 Å². The van der Waals surface area contributed by atoms with Crippen LogP contribution in [0.25, 0.3) is 41.3 Å². The maximum atomic E-state index is 6.18. The molecule has 0 amide bonds. The lowest BCUT2D eigenvalue weighted by atomic mass is 10.0. The molecule has 4 heterocycles. The summed E-state index contributed by atoms with van der Waals surface area (Å²) in [6.45, 7) is 2.91. The molecule has 0 unspecified atom stereocenters. The van der Waals surface area contributed by atoms with Crippen molar-refractivity contribution in [2.24, 2.45) is 0 Å². The molecule has 0 saturated heterocycles. The van der Waals surface area contributed by atoms with Gasteiger partial charge in [0.15, 0.2) is 0 Å². The monoisotopic (exact) mass is 546 g/mol. The summed E-state index contributed by atoms with van der Waals surface area (Å²) in [5.74, 6) is 0. The van der Waals surface area contributed by atoms with E-state index in [1.807, 2.05) is 40.1 Å². The number of nitrogens with zero attached hydrogens (tertiary/aromatic N) is 1. The van der Waals surface area contributed by atoms with Crippen LogP contribution in [0.1, 0.15) is 22.3 Å². The first-order chi connectivity index (χ1) is 18.6. The highest BCUT2D eigenvalue weighted by Gasteiger charge is 2.16. The summed E-state index contributed by atoms with van der Waals surface area (Å²) in [7, 11) is 0. The number of nitrogens with two attached hydrogens (primary N) is 1. The predicted octanol–water partition coefficient (Wildman–Crippen LogP) is 9.84. The summed E-state index contributed by atoms with van der Waals surface area (Å²) in [4.78, 5) is 5.44. The number of rotatable bonds is 6. The van der Waals surface area contributed by atoms with Gasteiger partial charge in [0.2, 0.25) is 0 Å². The lowest BCUT2D eigenvalue weighted by Gasteiger charge is -2.10. The highest BCUT2D eigenvalue weighted by molar-refractivity contribution is 7.26. The fourth-order valence-electron chi connectivity index (χ4n) is 5.49. The van der Waals surface area contributed by atoms with E-state index >= 15 is 0 Å². The average molecular weight is 547 g/mol.